The number of aromatic nitrogens is 3. The normalized spacial score (nSPS) is 12.7. The molecule has 3 heterocycles. The molecule has 1 N–H and O–H groups in total. The van der Waals surface area contributed by atoms with E-state index < -0.39 is 0 Å². The molecular weight excluding hydrogens is 818 g/mol. The van der Waals surface area contributed by atoms with Gasteiger partial charge in [-0.3, -0.25) is 9.97 Å². The molecule has 1 aliphatic rings. The quantitative estimate of drug-likeness (QED) is 0.176. The predicted octanol–water partition coefficient (Wildman–Crippen LogP) is 11.5. The summed E-state index contributed by atoms with van der Waals surface area (Å²) in [7, 11) is 0. The van der Waals surface area contributed by atoms with Gasteiger partial charge in [0, 0.05) is 55.3 Å². The first-order valence-corrected chi connectivity index (χ1v) is 17.4. The summed E-state index contributed by atoms with van der Waals surface area (Å²) in [6.45, 7) is 8.81. The Morgan fingerprint density at radius 3 is 2.10 bits per heavy atom. The van der Waals surface area contributed by atoms with Crippen molar-refractivity contribution in [1.29, 1.82) is 0 Å². The molecule has 0 bridgehead atoms. The molecule has 3 aromatic heterocycles. The van der Waals surface area contributed by atoms with E-state index in [-0.39, 0.29) is 32.2 Å². The first-order valence-electron chi connectivity index (χ1n) is 17.4. The molecule has 0 fully saturated rings. The number of nitrogens with zero attached hydrogens (tertiary/aromatic N) is 3. The summed E-state index contributed by atoms with van der Waals surface area (Å²) in [5.74, 6) is 0.216. The number of aryl methyl sites for hydroxylation is 2. The summed E-state index contributed by atoms with van der Waals surface area (Å²) in [4.78, 5) is 10.4. The van der Waals surface area contributed by atoms with Crippen molar-refractivity contribution < 1.29 is 26.2 Å². The third-order valence-corrected chi connectivity index (χ3v) is 10.5. The molecule has 0 saturated heterocycles. The van der Waals surface area contributed by atoms with Gasteiger partial charge in [-0.2, -0.15) is 0 Å². The van der Waals surface area contributed by atoms with Crippen molar-refractivity contribution >= 4 is 5.65 Å². The second-order valence-electron chi connectivity index (χ2n) is 14.1. The van der Waals surface area contributed by atoms with Gasteiger partial charge in [-0.1, -0.05) is 110 Å². The van der Waals surface area contributed by atoms with Crippen molar-refractivity contribution in [3.63, 3.8) is 0 Å². The number of hydrogen-bond acceptors (Lipinski definition) is 3. The van der Waals surface area contributed by atoms with Crippen LogP contribution in [0.2, 0.25) is 0 Å². The van der Waals surface area contributed by atoms with Crippen molar-refractivity contribution in [2.75, 3.05) is 0 Å². The summed E-state index contributed by atoms with van der Waals surface area (Å²) in [5.41, 5.74) is 16.8. The molecule has 52 heavy (non-hydrogen) atoms. The molecule has 8 aromatic rings. The second kappa shape index (κ2) is 12.9. The predicted molar refractivity (Wildman–Crippen MR) is 208 cm³/mol. The molecule has 0 unspecified atom stereocenters. The Morgan fingerprint density at radius 1 is 0.596 bits per heavy atom. The van der Waals surface area contributed by atoms with Crippen LogP contribution in [0.4, 0.5) is 0 Å². The first-order chi connectivity index (χ1) is 24.8. The van der Waals surface area contributed by atoms with Gasteiger partial charge in [0.1, 0.15) is 11.4 Å². The van der Waals surface area contributed by atoms with E-state index in [0.29, 0.717) is 11.3 Å². The third kappa shape index (κ3) is 5.41. The van der Waals surface area contributed by atoms with E-state index in [1.807, 2.05) is 30.3 Å². The Bertz CT molecular complexity index is 2640. The number of phenolic OH excluding ortho intramolecular Hbond substituents is 1. The molecule has 0 spiro atoms. The first kappa shape index (κ1) is 33.6. The number of aromatic hydroxyl groups is 1. The standard InChI is InChI=1S/C47H36N3O.Pt/c1-29-14-12-15-30(2)44(29)34-25-40(48-41(26-34)37-27-39-36(28-42(37)51)35-20-8-9-21-38(35)47(39,3)4)32-18-13-19-33(24-32)45-46(31-16-6-5-7-17-31)50-23-11-10-22-43(50)49-45;/h5-23,25-28,51H,1-4H3;/q-1;. The summed E-state index contributed by atoms with van der Waals surface area (Å²) < 4.78 is 2.14. The van der Waals surface area contributed by atoms with Crippen molar-refractivity contribution in [3.05, 3.63) is 168 Å². The van der Waals surface area contributed by atoms with E-state index in [4.69, 9.17) is 9.97 Å². The van der Waals surface area contributed by atoms with Crippen LogP contribution >= 0.6 is 0 Å². The Balaban J connectivity index is 0.00000387. The van der Waals surface area contributed by atoms with E-state index in [2.05, 4.69) is 147 Å². The van der Waals surface area contributed by atoms with E-state index in [1.165, 1.54) is 33.4 Å². The largest absolute Gasteiger partial charge is 0.507 e. The van der Waals surface area contributed by atoms with Gasteiger partial charge in [0.05, 0.1) is 5.69 Å². The molecule has 0 atom stereocenters. The molecule has 0 amide bonds. The Hall–Kier alpha value is -5.57. The van der Waals surface area contributed by atoms with E-state index >= 15 is 0 Å². The van der Waals surface area contributed by atoms with Crippen molar-refractivity contribution in [2.45, 2.75) is 33.1 Å². The molecule has 5 aromatic carbocycles. The molecule has 4 nitrogen and oxygen atoms in total. The van der Waals surface area contributed by atoms with E-state index in [0.717, 1.165) is 50.5 Å². The van der Waals surface area contributed by atoms with E-state index in [9.17, 15) is 5.11 Å². The smallest absolute Gasteiger partial charge is 0.129 e. The number of hydrogen-bond donors (Lipinski definition) is 1. The maximum atomic E-state index is 11.7. The molecule has 9 rings (SSSR count). The Morgan fingerprint density at radius 2 is 1.29 bits per heavy atom. The number of phenols is 1. The second-order valence-corrected chi connectivity index (χ2v) is 14.1. The zero-order valence-electron chi connectivity index (χ0n) is 29.4. The monoisotopic (exact) mass is 853 g/mol. The van der Waals surface area contributed by atoms with Crippen LogP contribution in [0.25, 0.3) is 72.9 Å². The van der Waals surface area contributed by atoms with Crippen LogP contribution in [0.5, 0.6) is 5.75 Å². The SMILES string of the molecule is Cc1cccc(C)c1-c1cc(-c2[c-]c(-c3nc4ccccn4c3-c3ccccc3)ccc2)nc(-c2cc3c(cc2O)-c2ccccc2C3(C)C)c1.[Pt]. The van der Waals surface area contributed by atoms with Gasteiger partial charge in [0.2, 0.25) is 0 Å². The van der Waals surface area contributed by atoms with Gasteiger partial charge >= 0.3 is 0 Å². The van der Waals surface area contributed by atoms with Crippen LogP contribution in [0.1, 0.15) is 36.1 Å². The van der Waals surface area contributed by atoms with Crippen molar-refractivity contribution in [1.82, 2.24) is 14.4 Å². The molecule has 0 saturated carbocycles. The average Bonchev–Trinajstić information content (AvgIpc) is 3.64. The maximum absolute atomic E-state index is 11.7. The Kier molecular flexibility index (Phi) is 8.32. The molecule has 0 radical (unpaired) electrons. The number of fused-ring (bicyclic) bond motifs is 4. The van der Waals surface area contributed by atoms with Crippen molar-refractivity contribution in [3.8, 4) is 73.0 Å². The topological polar surface area (TPSA) is 50.4 Å². The third-order valence-electron chi connectivity index (χ3n) is 10.5. The van der Waals surface area contributed by atoms with Gasteiger partial charge in [0.25, 0.3) is 0 Å². The molecular formula is C47H36N3OPt-. The molecule has 256 valence electrons. The van der Waals surface area contributed by atoms with Crippen LogP contribution in [0.3, 0.4) is 0 Å². The fraction of sp³-hybridized carbons (Fsp3) is 0.106. The number of rotatable bonds is 5. The number of imidazole rings is 1. The average molecular weight is 854 g/mol. The number of pyridine rings is 2. The van der Waals surface area contributed by atoms with E-state index in [1.54, 1.807) is 0 Å². The van der Waals surface area contributed by atoms with Gasteiger partial charge in [0.15, 0.2) is 0 Å². The van der Waals surface area contributed by atoms with Crippen LogP contribution in [0, 0.1) is 19.9 Å². The van der Waals surface area contributed by atoms with Crippen LogP contribution in [-0.2, 0) is 26.5 Å². The summed E-state index contributed by atoms with van der Waals surface area (Å²) in [5, 5.41) is 11.7. The molecule has 5 heteroatoms. The summed E-state index contributed by atoms with van der Waals surface area (Å²) in [6.07, 6.45) is 2.06. The summed E-state index contributed by atoms with van der Waals surface area (Å²) >= 11 is 0. The van der Waals surface area contributed by atoms with Crippen LogP contribution < -0.4 is 0 Å². The number of benzene rings is 5. The summed E-state index contributed by atoms with van der Waals surface area (Å²) in [6, 6.07) is 49.6. The van der Waals surface area contributed by atoms with Crippen LogP contribution in [0.15, 0.2) is 140 Å². The fourth-order valence-corrected chi connectivity index (χ4v) is 7.97. The van der Waals surface area contributed by atoms with Crippen LogP contribution in [-0.4, -0.2) is 19.5 Å². The zero-order valence-corrected chi connectivity index (χ0v) is 31.7. The van der Waals surface area contributed by atoms with Gasteiger partial charge in [-0.25, -0.2) is 0 Å². The van der Waals surface area contributed by atoms with Gasteiger partial charge < -0.3 is 9.51 Å². The fourth-order valence-electron chi connectivity index (χ4n) is 7.97. The minimum absolute atomic E-state index is 0. The van der Waals surface area contributed by atoms with Crippen molar-refractivity contribution in [2.24, 2.45) is 0 Å². The minimum Gasteiger partial charge on any atom is -0.507 e. The minimum atomic E-state index is -0.214. The zero-order chi connectivity index (χ0) is 34.9. The molecule has 0 aliphatic heterocycles. The van der Waals surface area contributed by atoms with Gasteiger partial charge in [-0.05, 0) is 94.3 Å². The maximum Gasteiger partial charge on any atom is 0.129 e. The molecule has 1 aliphatic carbocycles. The Labute approximate surface area is 318 Å². The van der Waals surface area contributed by atoms with Gasteiger partial charge in [-0.15, -0.1) is 24.3 Å².